The summed E-state index contributed by atoms with van der Waals surface area (Å²) in [6.07, 6.45) is 8.77. The summed E-state index contributed by atoms with van der Waals surface area (Å²) in [5.41, 5.74) is 2.00. The standard InChI is InChI=1S/C29H27ClF2N6O3S/c1-36-18-25(17-34-36)42(40,41)37(11-9-31)24-5-2-20-12-27-19(16-35-38(27)23-6-3-22(32)4-7-23)14-29(20,15-24)28(39)26-13-21(30)8-10-33-26/h3-4,6-8,10,12-13,16-18,24H,2,5,9,11,14-15H2,1H3/t24-,29-/m0/s1. The van der Waals surface area contributed by atoms with Crippen molar-refractivity contribution in [2.24, 2.45) is 12.5 Å². The molecule has 42 heavy (non-hydrogen) atoms. The highest BCUT2D eigenvalue weighted by molar-refractivity contribution is 7.89. The van der Waals surface area contributed by atoms with Crippen molar-refractivity contribution in [2.75, 3.05) is 13.2 Å². The zero-order valence-electron chi connectivity index (χ0n) is 22.6. The lowest BCUT2D eigenvalue weighted by molar-refractivity contribution is 0.0734. The molecule has 1 fully saturated rings. The minimum Gasteiger partial charge on any atom is -0.291 e. The monoisotopic (exact) mass is 612 g/mol. The number of fused-ring (bicyclic) bond motifs is 2. The van der Waals surface area contributed by atoms with Crippen molar-refractivity contribution in [1.29, 1.82) is 0 Å². The Hall–Kier alpha value is -3.74. The van der Waals surface area contributed by atoms with Crippen LogP contribution in [0.5, 0.6) is 0 Å². The second-order valence-electron chi connectivity index (χ2n) is 10.6. The average molecular weight is 613 g/mol. The molecule has 13 heteroatoms. The van der Waals surface area contributed by atoms with Gasteiger partial charge in [-0.05, 0) is 73.7 Å². The van der Waals surface area contributed by atoms with E-state index in [1.165, 1.54) is 45.8 Å². The number of alkyl halides is 1. The SMILES string of the molecule is Cn1cc(S(=O)(=O)N(CCF)[C@H]2CCC3=Cc4c(cnn4-c4ccc(F)cc4)C[C@]3(C(=O)c3cc(Cl)ccn3)C2)cn1. The highest BCUT2D eigenvalue weighted by Gasteiger charge is 2.51. The molecule has 0 spiro atoms. The number of sulfonamides is 1. The number of halogens is 3. The van der Waals surface area contributed by atoms with Crippen LogP contribution in [0.3, 0.4) is 0 Å². The molecule has 0 aliphatic heterocycles. The first-order valence-electron chi connectivity index (χ1n) is 13.4. The van der Waals surface area contributed by atoms with Crippen molar-refractivity contribution < 1.29 is 22.0 Å². The molecule has 0 saturated heterocycles. The molecule has 3 aromatic heterocycles. The Labute approximate surface area is 246 Å². The summed E-state index contributed by atoms with van der Waals surface area (Å²) in [5.74, 6) is -0.658. The topological polar surface area (TPSA) is 103 Å². The number of allylic oxidation sites excluding steroid dienone is 1. The van der Waals surface area contributed by atoms with Gasteiger partial charge in [-0.25, -0.2) is 21.9 Å². The second-order valence-corrected chi connectivity index (χ2v) is 12.9. The summed E-state index contributed by atoms with van der Waals surface area (Å²) in [5, 5.41) is 8.87. The van der Waals surface area contributed by atoms with E-state index in [0.717, 1.165) is 16.8 Å². The Morgan fingerprint density at radius 1 is 1.19 bits per heavy atom. The van der Waals surface area contributed by atoms with E-state index in [0.29, 0.717) is 23.6 Å². The molecule has 0 bridgehead atoms. The van der Waals surface area contributed by atoms with Gasteiger partial charge in [-0.1, -0.05) is 17.2 Å². The fraction of sp³-hybridized carbons (Fsp3) is 0.310. The maximum Gasteiger partial charge on any atom is 0.246 e. The van der Waals surface area contributed by atoms with E-state index < -0.39 is 28.2 Å². The Balaban J connectivity index is 1.45. The van der Waals surface area contributed by atoms with E-state index in [-0.39, 0.29) is 41.6 Å². The van der Waals surface area contributed by atoms with E-state index >= 15 is 0 Å². The number of carbonyl (C=O) groups excluding carboxylic acids is 1. The molecule has 0 unspecified atom stereocenters. The van der Waals surface area contributed by atoms with Crippen LogP contribution in [-0.2, 0) is 23.5 Å². The number of hydrogen-bond donors (Lipinski definition) is 0. The third kappa shape index (κ3) is 4.87. The minimum atomic E-state index is -4.10. The molecular formula is C29H27ClF2N6O3S. The van der Waals surface area contributed by atoms with Crippen LogP contribution >= 0.6 is 11.6 Å². The molecule has 2 aliphatic rings. The van der Waals surface area contributed by atoms with Crippen molar-refractivity contribution in [2.45, 2.75) is 36.6 Å². The summed E-state index contributed by atoms with van der Waals surface area (Å²) >= 11 is 6.23. The van der Waals surface area contributed by atoms with Crippen molar-refractivity contribution in [3.63, 3.8) is 0 Å². The second kappa shape index (κ2) is 10.8. The van der Waals surface area contributed by atoms with Gasteiger partial charge in [0.1, 0.15) is 23.1 Å². The average Bonchev–Trinajstić information content (AvgIpc) is 3.60. The summed E-state index contributed by atoms with van der Waals surface area (Å²) in [6.45, 7) is -1.24. The third-order valence-electron chi connectivity index (χ3n) is 8.10. The third-order valence-corrected chi connectivity index (χ3v) is 10.2. The summed E-state index contributed by atoms with van der Waals surface area (Å²) in [6, 6.07) is 8.36. The van der Waals surface area contributed by atoms with Gasteiger partial charge in [0.25, 0.3) is 0 Å². The molecule has 0 N–H and O–H groups in total. The number of nitrogens with zero attached hydrogens (tertiary/aromatic N) is 6. The fourth-order valence-electron chi connectivity index (χ4n) is 6.14. The number of carbonyl (C=O) groups is 1. The van der Waals surface area contributed by atoms with Crippen LogP contribution < -0.4 is 0 Å². The molecule has 0 radical (unpaired) electrons. The van der Waals surface area contributed by atoms with Gasteiger partial charge in [-0.2, -0.15) is 14.5 Å². The molecular weight excluding hydrogens is 586 g/mol. The van der Waals surface area contributed by atoms with Crippen LogP contribution in [0.4, 0.5) is 8.78 Å². The largest absolute Gasteiger partial charge is 0.291 e. The summed E-state index contributed by atoms with van der Waals surface area (Å²) in [7, 11) is -2.50. The number of aromatic nitrogens is 5. The smallest absolute Gasteiger partial charge is 0.246 e. The van der Waals surface area contributed by atoms with Gasteiger partial charge in [0, 0.05) is 37.1 Å². The molecule has 2 atom stereocenters. The first-order valence-corrected chi connectivity index (χ1v) is 15.2. The highest BCUT2D eigenvalue weighted by atomic mass is 35.5. The molecule has 9 nitrogen and oxygen atoms in total. The maximum atomic E-state index is 14.4. The van der Waals surface area contributed by atoms with E-state index in [4.69, 9.17) is 11.6 Å². The van der Waals surface area contributed by atoms with Crippen molar-refractivity contribution >= 4 is 33.5 Å². The number of ketones is 1. The maximum absolute atomic E-state index is 14.4. The number of Topliss-reactive ketones (excluding diaryl/α,β-unsaturated/α-hetero) is 1. The van der Waals surface area contributed by atoms with Gasteiger partial charge in [0.05, 0.1) is 29.2 Å². The lowest BCUT2D eigenvalue weighted by Gasteiger charge is -2.46. The van der Waals surface area contributed by atoms with Gasteiger partial charge in [0.2, 0.25) is 10.0 Å². The lowest BCUT2D eigenvalue weighted by Crippen LogP contribution is -2.51. The van der Waals surface area contributed by atoms with Crippen LogP contribution in [0.2, 0.25) is 5.02 Å². The summed E-state index contributed by atoms with van der Waals surface area (Å²) < 4.78 is 59.1. The van der Waals surface area contributed by atoms with Gasteiger partial charge in [-0.15, -0.1) is 0 Å². The van der Waals surface area contributed by atoms with Crippen LogP contribution in [0.15, 0.2) is 71.7 Å². The van der Waals surface area contributed by atoms with Gasteiger partial charge in [0.15, 0.2) is 5.78 Å². The fourth-order valence-corrected chi connectivity index (χ4v) is 7.92. The van der Waals surface area contributed by atoms with Gasteiger partial charge in [-0.3, -0.25) is 14.5 Å². The number of aryl methyl sites for hydroxylation is 1. The Morgan fingerprint density at radius 3 is 2.67 bits per heavy atom. The molecule has 0 amide bonds. The first-order chi connectivity index (χ1) is 20.1. The van der Waals surface area contributed by atoms with Gasteiger partial charge < -0.3 is 0 Å². The zero-order valence-corrected chi connectivity index (χ0v) is 24.2. The molecule has 218 valence electrons. The highest BCUT2D eigenvalue weighted by Crippen LogP contribution is 2.51. The molecule has 3 heterocycles. The van der Waals surface area contributed by atoms with Gasteiger partial charge >= 0.3 is 0 Å². The van der Waals surface area contributed by atoms with Crippen LogP contribution in [0, 0.1) is 11.2 Å². The first kappa shape index (κ1) is 28.4. The van der Waals surface area contributed by atoms with Crippen LogP contribution in [0.1, 0.15) is 41.0 Å². The number of rotatable bonds is 8. The van der Waals surface area contributed by atoms with E-state index in [9.17, 15) is 22.0 Å². The van der Waals surface area contributed by atoms with Crippen molar-refractivity contribution in [1.82, 2.24) is 28.9 Å². The predicted octanol–water partition coefficient (Wildman–Crippen LogP) is 4.82. The lowest BCUT2D eigenvalue weighted by atomic mass is 9.60. The predicted molar refractivity (Wildman–Crippen MR) is 152 cm³/mol. The number of benzene rings is 1. The van der Waals surface area contributed by atoms with Crippen LogP contribution in [-0.4, -0.2) is 62.3 Å². The quantitative estimate of drug-likeness (QED) is 0.265. The molecule has 2 aliphatic carbocycles. The Bertz CT molecular complexity index is 1800. The number of hydrogen-bond acceptors (Lipinski definition) is 6. The zero-order chi connectivity index (χ0) is 29.6. The summed E-state index contributed by atoms with van der Waals surface area (Å²) in [4.78, 5) is 18.7. The van der Waals surface area contributed by atoms with Crippen molar-refractivity contribution in [3.05, 3.63) is 94.5 Å². The van der Waals surface area contributed by atoms with Crippen molar-refractivity contribution in [3.8, 4) is 5.69 Å². The van der Waals surface area contributed by atoms with E-state index in [2.05, 4.69) is 15.2 Å². The van der Waals surface area contributed by atoms with E-state index in [1.54, 1.807) is 36.1 Å². The van der Waals surface area contributed by atoms with E-state index in [1.807, 2.05) is 6.08 Å². The Morgan fingerprint density at radius 2 is 1.98 bits per heavy atom. The Kier molecular flexibility index (Phi) is 7.32. The molecule has 1 aromatic carbocycles. The van der Waals surface area contributed by atoms with Crippen LogP contribution in [0.25, 0.3) is 11.8 Å². The minimum absolute atomic E-state index is 0.0387. The number of pyridine rings is 1. The molecule has 1 saturated carbocycles. The molecule has 6 rings (SSSR count). The normalized spacial score (nSPS) is 20.2. The molecule has 4 aromatic rings.